The molecule has 0 saturated heterocycles. The molecular formula is C16H25FN2OSi. The fourth-order valence-electron chi connectivity index (χ4n) is 2.70. The topological polar surface area (TPSA) is 37.9 Å². The van der Waals surface area contributed by atoms with E-state index in [2.05, 4.69) is 51.1 Å². The molecule has 21 heavy (non-hydrogen) atoms. The number of hydrogen-bond donors (Lipinski definition) is 1. The Bertz CT molecular complexity index is 638. The Morgan fingerprint density at radius 1 is 1.29 bits per heavy atom. The molecule has 3 nitrogen and oxygen atoms in total. The van der Waals surface area contributed by atoms with E-state index in [1.165, 1.54) is 12.3 Å². The largest absolute Gasteiger partial charge is 0.413 e. The molecule has 0 radical (unpaired) electrons. The average molecular weight is 308 g/mol. The number of nitrogens with zero attached hydrogens (tertiary/aromatic N) is 1. The number of aromatic amines is 1. The van der Waals surface area contributed by atoms with Gasteiger partial charge >= 0.3 is 0 Å². The molecule has 1 atom stereocenters. The van der Waals surface area contributed by atoms with Crippen molar-refractivity contribution in [3.63, 3.8) is 0 Å². The van der Waals surface area contributed by atoms with Gasteiger partial charge in [0.1, 0.15) is 11.5 Å². The Morgan fingerprint density at radius 2 is 1.95 bits per heavy atom. The number of nitrogens with one attached hydrogen (secondary N) is 1. The second-order valence-electron chi connectivity index (χ2n) is 6.62. The summed E-state index contributed by atoms with van der Waals surface area (Å²) in [6.45, 7) is 13.1. The summed E-state index contributed by atoms with van der Waals surface area (Å²) < 4.78 is 19.6. The highest BCUT2D eigenvalue weighted by Crippen LogP contribution is 2.47. The standard InChI is InChI=1S/C16H25FN2OSi/c1-10(2)15(3,4)16(5,20-21-6)13-8-11-7-12(17)9-18-14(11)19-13/h7-10H,21H2,1-6H3,(H,18,19). The fourth-order valence-corrected chi connectivity index (χ4v) is 3.80. The van der Waals surface area contributed by atoms with E-state index in [9.17, 15) is 4.39 Å². The predicted molar refractivity (Wildman–Crippen MR) is 87.5 cm³/mol. The first-order chi connectivity index (χ1) is 9.72. The normalized spacial score (nSPS) is 16.2. The van der Waals surface area contributed by atoms with Crippen LogP contribution >= 0.6 is 0 Å². The van der Waals surface area contributed by atoms with E-state index in [1.54, 1.807) is 0 Å². The summed E-state index contributed by atoms with van der Waals surface area (Å²) in [5.41, 5.74) is 1.19. The van der Waals surface area contributed by atoms with Gasteiger partial charge in [-0.25, -0.2) is 9.37 Å². The number of aromatic nitrogens is 2. The number of H-pyrrole nitrogens is 1. The summed E-state index contributed by atoms with van der Waals surface area (Å²) in [5.74, 6) is 0.128. The molecule has 2 aromatic heterocycles. The molecule has 1 N–H and O–H groups in total. The zero-order valence-corrected chi connectivity index (χ0v) is 15.2. The first-order valence-electron chi connectivity index (χ1n) is 7.51. The first kappa shape index (κ1) is 16.2. The van der Waals surface area contributed by atoms with Crippen LogP contribution in [0.5, 0.6) is 0 Å². The van der Waals surface area contributed by atoms with Gasteiger partial charge < -0.3 is 9.41 Å². The van der Waals surface area contributed by atoms with Crippen molar-refractivity contribution in [2.75, 3.05) is 0 Å². The number of hydrogen-bond acceptors (Lipinski definition) is 2. The second-order valence-corrected chi connectivity index (χ2v) is 7.48. The van der Waals surface area contributed by atoms with E-state index in [0.29, 0.717) is 11.6 Å². The van der Waals surface area contributed by atoms with Gasteiger partial charge in [0, 0.05) is 16.5 Å². The van der Waals surface area contributed by atoms with E-state index in [4.69, 9.17) is 4.43 Å². The number of halogens is 1. The maximum atomic E-state index is 13.4. The van der Waals surface area contributed by atoms with Crippen molar-refractivity contribution in [1.29, 1.82) is 0 Å². The third kappa shape index (κ3) is 2.64. The van der Waals surface area contributed by atoms with Gasteiger partial charge in [-0.15, -0.1) is 0 Å². The number of rotatable bonds is 5. The van der Waals surface area contributed by atoms with E-state index >= 15 is 0 Å². The zero-order valence-electron chi connectivity index (χ0n) is 13.7. The molecule has 0 amide bonds. The van der Waals surface area contributed by atoms with Crippen LogP contribution in [0.25, 0.3) is 11.0 Å². The summed E-state index contributed by atoms with van der Waals surface area (Å²) in [6, 6.07) is 3.48. The smallest absolute Gasteiger partial charge is 0.159 e. The minimum atomic E-state index is -0.604. The number of pyridine rings is 1. The highest BCUT2D eigenvalue weighted by Gasteiger charge is 2.46. The van der Waals surface area contributed by atoms with Gasteiger partial charge in [0.25, 0.3) is 0 Å². The SMILES string of the molecule is C[SiH2]OC(C)(c1cc2cc(F)cnc2[nH]1)C(C)(C)C(C)C. The van der Waals surface area contributed by atoms with Crippen LogP contribution in [0.4, 0.5) is 4.39 Å². The van der Waals surface area contributed by atoms with Crippen LogP contribution in [0.1, 0.15) is 40.3 Å². The van der Waals surface area contributed by atoms with Crippen LogP contribution in [-0.2, 0) is 10.0 Å². The van der Waals surface area contributed by atoms with Gasteiger partial charge in [-0.05, 0) is 25.0 Å². The maximum absolute atomic E-state index is 13.4. The van der Waals surface area contributed by atoms with Crippen molar-refractivity contribution < 1.29 is 8.82 Å². The molecule has 0 aliphatic heterocycles. The molecule has 0 aliphatic carbocycles. The van der Waals surface area contributed by atoms with Gasteiger partial charge in [0.2, 0.25) is 0 Å². The van der Waals surface area contributed by atoms with Crippen LogP contribution in [-0.4, -0.2) is 19.7 Å². The van der Waals surface area contributed by atoms with Crippen molar-refractivity contribution >= 4 is 20.8 Å². The van der Waals surface area contributed by atoms with Gasteiger partial charge in [-0.2, -0.15) is 0 Å². The van der Waals surface area contributed by atoms with E-state index < -0.39 is 15.4 Å². The van der Waals surface area contributed by atoms with Crippen molar-refractivity contribution in [3.05, 3.63) is 29.8 Å². The Kier molecular flexibility index (Phi) is 4.26. The lowest BCUT2D eigenvalue weighted by atomic mass is 9.67. The quantitative estimate of drug-likeness (QED) is 0.854. The van der Waals surface area contributed by atoms with Crippen molar-refractivity contribution in [2.45, 2.75) is 46.8 Å². The van der Waals surface area contributed by atoms with Gasteiger partial charge in [0.15, 0.2) is 9.76 Å². The Hall–Kier alpha value is -1.20. The van der Waals surface area contributed by atoms with Gasteiger partial charge in [-0.3, -0.25) is 0 Å². The molecule has 2 heterocycles. The van der Waals surface area contributed by atoms with Crippen molar-refractivity contribution in [1.82, 2.24) is 9.97 Å². The Balaban J connectivity index is 2.59. The van der Waals surface area contributed by atoms with Gasteiger partial charge in [0.05, 0.1) is 11.8 Å². The molecule has 2 aromatic rings. The minimum Gasteiger partial charge on any atom is -0.413 e. The predicted octanol–water partition coefficient (Wildman–Crippen LogP) is 3.75. The Labute approximate surface area is 128 Å². The lowest BCUT2D eigenvalue weighted by molar-refractivity contribution is -0.0608. The molecule has 0 aliphatic rings. The molecule has 0 spiro atoms. The lowest BCUT2D eigenvalue weighted by Crippen LogP contribution is -2.46. The summed E-state index contributed by atoms with van der Waals surface area (Å²) in [7, 11) is -0.604. The van der Waals surface area contributed by atoms with E-state index in [-0.39, 0.29) is 11.2 Å². The van der Waals surface area contributed by atoms with Crippen LogP contribution < -0.4 is 0 Å². The number of fused-ring (bicyclic) bond motifs is 1. The minimum absolute atomic E-state index is 0.0601. The molecule has 0 saturated carbocycles. The molecule has 116 valence electrons. The molecule has 1 unspecified atom stereocenters. The van der Waals surface area contributed by atoms with Crippen LogP contribution in [0.2, 0.25) is 6.55 Å². The second kappa shape index (κ2) is 5.53. The third-order valence-electron chi connectivity index (χ3n) is 5.06. The third-order valence-corrected chi connectivity index (χ3v) is 5.92. The molecule has 0 fully saturated rings. The maximum Gasteiger partial charge on any atom is 0.159 e. The van der Waals surface area contributed by atoms with Crippen molar-refractivity contribution in [3.8, 4) is 0 Å². The lowest BCUT2D eigenvalue weighted by Gasteiger charge is -2.46. The monoisotopic (exact) mass is 308 g/mol. The van der Waals surface area contributed by atoms with E-state index in [0.717, 1.165) is 11.1 Å². The molecule has 0 bridgehead atoms. The molecule has 5 heteroatoms. The summed E-state index contributed by atoms with van der Waals surface area (Å²) in [5, 5.41) is 0.789. The highest BCUT2D eigenvalue weighted by atomic mass is 28.2. The molecule has 0 aromatic carbocycles. The van der Waals surface area contributed by atoms with E-state index in [1.807, 2.05) is 6.07 Å². The van der Waals surface area contributed by atoms with Crippen LogP contribution in [0.3, 0.4) is 0 Å². The highest BCUT2D eigenvalue weighted by molar-refractivity contribution is 6.25. The summed E-state index contributed by atoms with van der Waals surface area (Å²) >= 11 is 0. The average Bonchev–Trinajstić information content (AvgIpc) is 2.81. The van der Waals surface area contributed by atoms with Gasteiger partial charge in [-0.1, -0.05) is 34.2 Å². The summed E-state index contributed by atoms with van der Waals surface area (Å²) in [6.07, 6.45) is 1.24. The molecular weight excluding hydrogens is 283 g/mol. The van der Waals surface area contributed by atoms with Crippen LogP contribution in [0.15, 0.2) is 18.3 Å². The first-order valence-corrected chi connectivity index (χ1v) is 9.50. The van der Waals surface area contributed by atoms with Crippen molar-refractivity contribution in [2.24, 2.45) is 11.3 Å². The fraction of sp³-hybridized carbons (Fsp3) is 0.562. The molecule has 2 rings (SSSR count). The zero-order chi connectivity index (χ0) is 15.8. The Morgan fingerprint density at radius 3 is 2.52 bits per heavy atom. The summed E-state index contributed by atoms with van der Waals surface area (Å²) in [4.78, 5) is 7.46. The van der Waals surface area contributed by atoms with Crippen LogP contribution in [0, 0.1) is 17.2 Å².